The Balaban J connectivity index is 2.81. The number of hydrogen-bond donors (Lipinski definition) is 3. The number of carbonyl (C=O) groups is 2. The van der Waals surface area contributed by atoms with E-state index < -0.39 is 11.9 Å². The Morgan fingerprint density at radius 1 is 1.62 bits per heavy atom. The van der Waals surface area contributed by atoms with Crippen LogP contribution in [0.1, 0.15) is 5.56 Å². The highest BCUT2D eigenvalue weighted by atomic mass is 16.4. The molecule has 0 bridgehead atoms. The molecule has 1 amide bonds. The lowest BCUT2D eigenvalue weighted by atomic mass is 10.3. The van der Waals surface area contributed by atoms with Crippen LogP contribution in [0.2, 0.25) is 0 Å². The third-order valence-electron chi connectivity index (χ3n) is 1.30. The number of nitrogens with one attached hydrogen (secondary N) is 2. The molecule has 3 N–H and O–H groups in total. The summed E-state index contributed by atoms with van der Waals surface area (Å²) in [7, 11) is 0. The van der Waals surface area contributed by atoms with E-state index in [0.717, 1.165) is 0 Å². The molecule has 0 spiro atoms. The van der Waals surface area contributed by atoms with Gasteiger partial charge in [-0.25, -0.2) is 4.79 Å². The Morgan fingerprint density at radius 3 is 2.85 bits per heavy atom. The zero-order chi connectivity index (χ0) is 9.84. The number of hydrogen-bond acceptors (Lipinski definition) is 3. The van der Waals surface area contributed by atoms with E-state index in [1.54, 1.807) is 6.07 Å². The van der Waals surface area contributed by atoms with Crippen LogP contribution in [0.5, 0.6) is 0 Å². The third-order valence-corrected chi connectivity index (χ3v) is 1.30. The number of nitriles is 1. The topological polar surface area (TPSA) is 106 Å². The molecule has 0 aromatic carbocycles. The van der Waals surface area contributed by atoms with Crippen LogP contribution >= 0.6 is 0 Å². The number of anilines is 1. The van der Waals surface area contributed by atoms with Crippen molar-refractivity contribution in [3.8, 4) is 6.07 Å². The van der Waals surface area contributed by atoms with E-state index in [1.165, 1.54) is 12.3 Å². The van der Waals surface area contributed by atoms with Crippen molar-refractivity contribution < 1.29 is 14.7 Å². The van der Waals surface area contributed by atoms with Crippen molar-refractivity contribution in [3.05, 3.63) is 17.8 Å². The lowest BCUT2D eigenvalue weighted by molar-refractivity contribution is -0.147. The molecule has 0 aliphatic rings. The van der Waals surface area contributed by atoms with Crippen LogP contribution in [-0.4, -0.2) is 22.0 Å². The number of carboxylic acids is 1. The number of carboxylic acid groups (broad SMARTS) is 1. The number of H-pyrrole nitrogens is 1. The van der Waals surface area contributed by atoms with E-state index in [4.69, 9.17) is 10.4 Å². The summed E-state index contributed by atoms with van der Waals surface area (Å²) in [6, 6.07) is 3.21. The molecule has 0 atom stereocenters. The van der Waals surface area contributed by atoms with Gasteiger partial charge in [0.25, 0.3) is 0 Å². The molecule has 0 fully saturated rings. The summed E-state index contributed by atoms with van der Waals surface area (Å²) in [5.74, 6) is -2.69. The van der Waals surface area contributed by atoms with Gasteiger partial charge in [-0.2, -0.15) is 5.26 Å². The summed E-state index contributed by atoms with van der Waals surface area (Å²) in [4.78, 5) is 23.3. The summed E-state index contributed by atoms with van der Waals surface area (Å²) in [6.07, 6.45) is 1.43. The maximum absolute atomic E-state index is 10.6. The van der Waals surface area contributed by atoms with E-state index in [1.807, 2.05) is 5.32 Å². The van der Waals surface area contributed by atoms with Crippen LogP contribution in [0.3, 0.4) is 0 Å². The molecule has 0 aliphatic heterocycles. The van der Waals surface area contributed by atoms with Crippen LogP contribution in [0.15, 0.2) is 12.3 Å². The molecule has 0 radical (unpaired) electrons. The first-order chi connectivity index (χ1) is 6.15. The molecule has 1 aromatic rings. The van der Waals surface area contributed by atoms with E-state index in [2.05, 4.69) is 4.98 Å². The second-order valence-electron chi connectivity index (χ2n) is 2.14. The first-order valence-corrected chi connectivity index (χ1v) is 3.27. The van der Waals surface area contributed by atoms with Gasteiger partial charge < -0.3 is 15.4 Å². The number of aromatic nitrogens is 1. The van der Waals surface area contributed by atoms with E-state index in [-0.39, 0.29) is 11.4 Å². The molecule has 0 unspecified atom stereocenters. The predicted molar refractivity (Wildman–Crippen MR) is 41.8 cm³/mol. The van der Waals surface area contributed by atoms with Crippen molar-refractivity contribution >= 4 is 17.7 Å². The van der Waals surface area contributed by atoms with Gasteiger partial charge in [0.1, 0.15) is 11.9 Å². The second kappa shape index (κ2) is 3.40. The summed E-state index contributed by atoms with van der Waals surface area (Å²) in [5, 5.41) is 18.8. The van der Waals surface area contributed by atoms with Gasteiger partial charge in [-0.3, -0.25) is 4.79 Å². The van der Waals surface area contributed by atoms with Gasteiger partial charge in [-0.15, -0.1) is 0 Å². The molecule has 0 aliphatic carbocycles. The summed E-state index contributed by atoms with van der Waals surface area (Å²) < 4.78 is 0. The maximum atomic E-state index is 10.6. The number of amides is 1. The highest BCUT2D eigenvalue weighted by Crippen LogP contribution is 2.10. The molecule has 0 saturated carbocycles. The molecule has 0 saturated heterocycles. The zero-order valence-electron chi connectivity index (χ0n) is 6.37. The van der Waals surface area contributed by atoms with Gasteiger partial charge in [-0.05, 0) is 6.07 Å². The van der Waals surface area contributed by atoms with Gasteiger partial charge in [0, 0.05) is 6.20 Å². The van der Waals surface area contributed by atoms with Crippen molar-refractivity contribution in [2.45, 2.75) is 0 Å². The Hall–Kier alpha value is -2.29. The molecule has 6 nitrogen and oxygen atoms in total. The standard InChI is InChI=1S/C7H5N3O3/c8-3-4-1-2-9-5(4)10-6(11)7(12)13/h1-2,9H,(H,10,11)(H,12,13). The zero-order valence-corrected chi connectivity index (χ0v) is 6.37. The fourth-order valence-corrected chi connectivity index (χ4v) is 0.733. The Bertz CT molecular complexity index is 388. The van der Waals surface area contributed by atoms with E-state index in [9.17, 15) is 9.59 Å². The third kappa shape index (κ3) is 1.84. The normalized spacial score (nSPS) is 8.85. The van der Waals surface area contributed by atoms with Crippen molar-refractivity contribution in [2.75, 3.05) is 5.32 Å². The monoisotopic (exact) mass is 179 g/mol. The average Bonchev–Trinajstić information content (AvgIpc) is 2.51. The van der Waals surface area contributed by atoms with Crippen LogP contribution in [0, 0.1) is 11.3 Å². The number of rotatable bonds is 1. The fourth-order valence-electron chi connectivity index (χ4n) is 0.733. The Labute approximate surface area is 72.8 Å². The first kappa shape index (κ1) is 8.80. The van der Waals surface area contributed by atoms with E-state index >= 15 is 0 Å². The van der Waals surface area contributed by atoms with Crippen LogP contribution in [0.4, 0.5) is 5.82 Å². The number of nitrogens with zero attached hydrogens (tertiary/aromatic N) is 1. The van der Waals surface area contributed by atoms with Gasteiger partial charge >= 0.3 is 11.9 Å². The minimum Gasteiger partial charge on any atom is -0.474 e. The number of aliphatic carboxylic acids is 1. The van der Waals surface area contributed by atoms with Gasteiger partial charge in [0.2, 0.25) is 0 Å². The highest BCUT2D eigenvalue weighted by Gasteiger charge is 2.13. The Morgan fingerprint density at radius 2 is 2.31 bits per heavy atom. The largest absolute Gasteiger partial charge is 0.474 e. The molecular weight excluding hydrogens is 174 g/mol. The van der Waals surface area contributed by atoms with Crippen molar-refractivity contribution in [1.82, 2.24) is 4.98 Å². The SMILES string of the molecule is N#Cc1cc[nH]c1NC(=O)C(=O)O. The van der Waals surface area contributed by atoms with E-state index in [0.29, 0.717) is 0 Å². The van der Waals surface area contributed by atoms with Gasteiger partial charge in [0.15, 0.2) is 0 Å². The molecule has 66 valence electrons. The van der Waals surface area contributed by atoms with Gasteiger partial charge in [-0.1, -0.05) is 0 Å². The summed E-state index contributed by atoms with van der Waals surface area (Å²) in [5.41, 5.74) is 0.189. The number of aromatic amines is 1. The van der Waals surface area contributed by atoms with Crippen molar-refractivity contribution in [1.29, 1.82) is 5.26 Å². The number of carbonyl (C=O) groups excluding carboxylic acids is 1. The highest BCUT2D eigenvalue weighted by molar-refractivity contribution is 6.36. The molecular formula is C7H5N3O3. The summed E-state index contributed by atoms with van der Waals surface area (Å²) in [6.45, 7) is 0. The minimum atomic E-state index is -1.60. The minimum absolute atomic E-state index is 0.0925. The lowest BCUT2D eigenvalue weighted by Crippen LogP contribution is -2.22. The molecule has 13 heavy (non-hydrogen) atoms. The fraction of sp³-hybridized carbons (Fsp3) is 0. The quantitative estimate of drug-likeness (QED) is 0.523. The predicted octanol–water partition coefficient (Wildman–Crippen LogP) is -0.0905. The average molecular weight is 179 g/mol. The smallest absolute Gasteiger partial charge is 0.394 e. The molecule has 6 heteroatoms. The van der Waals surface area contributed by atoms with Crippen LogP contribution in [0.25, 0.3) is 0 Å². The second-order valence-corrected chi connectivity index (χ2v) is 2.14. The lowest BCUT2D eigenvalue weighted by Gasteiger charge is -1.97. The maximum Gasteiger partial charge on any atom is 0.394 e. The van der Waals surface area contributed by atoms with Crippen LogP contribution in [-0.2, 0) is 9.59 Å². The van der Waals surface area contributed by atoms with Gasteiger partial charge in [0.05, 0.1) is 5.56 Å². The molecule has 1 rings (SSSR count). The molecule has 1 heterocycles. The summed E-state index contributed by atoms with van der Waals surface area (Å²) >= 11 is 0. The van der Waals surface area contributed by atoms with Crippen molar-refractivity contribution in [3.63, 3.8) is 0 Å². The molecule has 1 aromatic heterocycles. The van der Waals surface area contributed by atoms with Crippen molar-refractivity contribution in [2.24, 2.45) is 0 Å². The Kier molecular flexibility index (Phi) is 2.31. The van der Waals surface area contributed by atoms with Crippen LogP contribution < -0.4 is 5.32 Å². The first-order valence-electron chi connectivity index (χ1n) is 3.27.